The van der Waals surface area contributed by atoms with Gasteiger partial charge in [0, 0.05) is 23.4 Å². The highest BCUT2D eigenvalue weighted by Gasteiger charge is 2.33. The minimum atomic E-state index is -0.460. The number of ether oxygens (including phenoxy) is 2. The summed E-state index contributed by atoms with van der Waals surface area (Å²) in [7, 11) is 0. The van der Waals surface area contributed by atoms with Crippen LogP contribution in [-0.4, -0.2) is 23.8 Å². The Hall–Kier alpha value is -1.23. The maximum atomic E-state index is 11.6. The smallest absolute Gasteiger partial charge is 0.407 e. The lowest BCUT2D eigenvalue weighted by Gasteiger charge is -2.36. The van der Waals surface area contributed by atoms with E-state index in [1.165, 1.54) is 0 Å². The summed E-state index contributed by atoms with van der Waals surface area (Å²) in [6.45, 7) is 7.60. The third-order valence-electron chi connectivity index (χ3n) is 3.25. The van der Waals surface area contributed by atoms with Crippen LogP contribution in [0.5, 0.6) is 5.75 Å². The van der Waals surface area contributed by atoms with Crippen molar-refractivity contribution in [2.45, 2.75) is 58.3 Å². The van der Waals surface area contributed by atoms with E-state index in [0.717, 1.165) is 28.6 Å². The summed E-state index contributed by atoms with van der Waals surface area (Å²) in [5, 5.41) is 2.86. The molecule has 1 N–H and O–H groups in total. The van der Waals surface area contributed by atoms with Crippen molar-refractivity contribution in [1.29, 1.82) is 0 Å². The fourth-order valence-electron chi connectivity index (χ4n) is 2.14. The maximum absolute atomic E-state index is 11.6. The van der Waals surface area contributed by atoms with E-state index in [4.69, 9.17) is 9.47 Å². The average Bonchev–Trinajstić information content (AvgIpc) is 2.28. The van der Waals surface area contributed by atoms with Gasteiger partial charge < -0.3 is 14.8 Å². The van der Waals surface area contributed by atoms with Crippen LogP contribution in [-0.2, 0) is 4.74 Å². The predicted octanol–water partition coefficient (Wildman–Crippen LogP) is 4.19. The van der Waals surface area contributed by atoms with Gasteiger partial charge in [-0.2, -0.15) is 0 Å². The van der Waals surface area contributed by atoms with Crippen molar-refractivity contribution in [2.75, 3.05) is 0 Å². The van der Waals surface area contributed by atoms with Gasteiger partial charge in [-0.1, -0.05) is 15.9 Å². The molecule has 0 unspecified atom stereocenters. The average molecular weight is 356 g/mol. The Labute approximate surface area is 134 Å². The number of carbonyl (C=O) groups is 1. The van der Waals surface area contributed by atoms with Crippen molar-refractivity contribution in [3.05, 3.63) is 28.2 Å². The van der Waals surface area contributed by atoms with E-state index >= 15 is 0 Å². The van der Waals surface area contributed by atoms with Crippen molar-refractivity contribution in [2.24, 2.45) is 0 Å². The summed E-state index contributed by atoms with van der Waals surface area (Å²) in [5.41, 5.74) is 0.689. The molecule has 116 valence electrons. The number of hydrogen-bond acceptors (Lipinski definition) is 3. The van der Waals surface area contributed by atoms with Gasteiger partial charge in [0.25, 0.3) is 0 Å². The first-order valence-corrected chi connectivity index (χ1v) is 7.94. The molecular formula is C16H22BrNO3. The predicted molar refractivity (Wildman–Crippen MR) is 85.7 cm³/mol. The molecule has 1 fully saturated rings. The maximum Gasteiger partial charge on any atom is 0.407 e. The lowest BCUT2D eigenvalue weighted by atomic mass is 9.89. The van der Waals surface area contributed by atoms with E-state index < -0.39 is 5.60 Å². The van der Waals surface area contributed by atoms with E-state index in [1.54, 1.807) is 0 Å². The molecular weight excluding hydrogens is 334 g/mol. The first-order chi connectivity index (χ1) is 9.73. The van der Waals surface area contributed by atoms with Crippen molar-refractivity contribution in [3.8, 4) is 5.75 Å². The van der Waals surface area contributed by atoms with Crippen molar-refractivity contribution in [1.82, 2.24) is 5.32 Å². The molecule has 1 aliphatic carbocycles. The van der Waals surface area contributed by atoms with Crippen LogP contribution >= 0.6 is 15.9 Å². The molecule has 1 amide bonds. The van der Waals surface area contributed by atoms with Gasteiger partial charge in [0.1, 0.15) is 17.5 Å². The molecule has 4 nitrogen and oxygen atoms in total. The van der Waals surface area contributed by atoms with Crippen LogP contribution in [0.4, 0.5) is 4.79 Å². The van der Waals surface area contributed by atoms with Gasteiger partial charge in [-0.15, -0.1) is 0 Å². The Balaban J connectivity index is 1.74. The highest BCUT2D eigenvalue weighted by atomic mass is 79.9. The molecule has 0 atom stereocenters. The summed E-state index contributed by atoms with van der Waals surface area (Å²) < 4.78 is 12.2. The first kappa shape index (κ1) is 16.1. The minimum Gasteiger partial charge on any atom is -0.490 e. The summed E-state index contributed by atoms with van der Waals surface area (Å²) >= 11 is 3.47. The van der Waals surface area contributed by atoms with Crippen LogP contribution in [0.3, 0.4) is 0 Å². The molecule has 1 saturated carbocycles. The Morgan fingerprint density at radius 2 is 2.00 bits per heavy atom. The second-order valence-corrected chi connectivity index (χ2v) is 7.32. The molecule has 0 bridgehead atoms. The second-order valence-electron chi connectivity index (χ2n) is 6.47. The molecule has 0 heterocycles. The van der Waals surface area contributed by atoms with Gasteiger partial charge in [0.05, 0.1) is 0 Å². The minimum absolute atomic E-state index is 0.140. The van der Waals surface area contributed by atoms with Gasteiger partial charge in [-0.25, -0.2) is 4.79 Å². The summed E-state index contributed by atoms with van der Waals surface area (Å²) in [6, 6.07) is 6.09. The molecule has 0 saturated heterocycles. The monoisotopic (exact) mass is 355 g/mol. The normalized spacial score (nSPS) is 21.4. The van der Waals surface area contributed by atoms with Gasteiger partial charge in [0.15, 0.2) is 0 Å². The molecule has 0 aliphatic heterocycles. The van der Waals surface area contributed by atoms with Crippen molar-refractivity contribution >= 4 is 22.0 Å². The number of benzene rings is 1. The molecule has 2 rings (SSSR count). The molecule has 1 aromatic carbocycles. The SMILES string of the molecule is Cc1cc(OC2CC(NC(=O)OC(C)(C)C)C2)ccc1Br. The highest BCUT2D eigenvalue weighted by Crippen LogP contribution is 2.28. The topological polar surface area (TPSA) is 47.6 Å². The van der Waals surface area contributed by atoms with Crippen LogP contribution in [0.2, 0.25) is 0 Å². The van der Waals surface area contributed by atoms with Crippen LogP contribution in [0, 0.1) is 6.92 Å². The lowest BCUT2D eigenvalue weighted by molar-refractivity contribution is 0.0363. The Morgan fingerprint density at radius 3 is 2.57 bits per heavy atom. The molecule has 0 aromatic heterocycles. The Bertz CT molecular complexity index is 519. The number of aryl methyl sites for hydroxylation is 1. The third-order valence-corrected chi connectivity index (χ3v) is 4.14. The van der Waals surface area contributed by atoms with E-state index in [-0.39, 0.29) is 18.2 Å². The molecule has 1 aliphatic rings. The zero-order valence-corrected chi connectivity index (χ0v) is 14.5. The zero-order chi connectivity index (χ0) is 15.6. The zero-order valence-electron chi connectivity index (χ0n) is 12.9. The fraction of sp³-hybridized carbons (Fsp3) is 0.562. The number of carbonyl (C=O) groups excluding carboxylic acids is 1. The van der Waals surface area contributed by atoms with Gasteiger partial charge in [-0.05, 0) is 51.5 Å². The van der Waals surface area contributed by atoms with Crippen molar-refractivity contribution < 1.29 is 14.3 Å². The summed E-state index contributed by atoms with van der Waals surface area (Å²) in [5.74, 6) is 0.872. The Morgan fingerprint density at radius 1 is 1.33 bits per heavy atom. The van der Waals surface area contributed by atoms with E-state index in [9.17, 15) is 4.79 Å². The number of rotatable bonds is 3. The number of nitrogens with one attached hydrogen (secondary N) is 1. The van der Waals surface area contributed by atoms with E-state index in [0.29, 0.717) is 0 Å². The van der Waals surface area contributed by atoms with Crippen LogP contribution in [0.25, 0.3) is 0 Å². The molecule has 5 heteroatoms. The number of amides is 1. The van der Waals surface area contributed by atoms with E-state index in [2.05, 4.69) is 21.2 Å². The summed E-state index contributed by atoms with van der Waals surface area (Å²) in [4.78, 5) is 11.6. The second kappa shape index (κ2) is 6.26. The molecule has 0 spiro atoms. The van der Waals surface area contributed by atoms with Gasteiger partial charge in [0.2, 0.25) is 0 Å². The van der Waals surface area contributed by atoms with Crippen LogP contribution in [0.15, 0.2) is 22.7 Å². The van der Waals surface area contributed by atoms with Gasteiger partial charge in [-0.3, -0.25) is 0 Å². The Kier molecular flexibility index (Phi) is 4.81. The number of halogens is 1. The molecule has 1 aromatic rings. The largest absolute Gasteiger partial charge is 0.490 e. The van der Waals surface area contributed by atoms with Gasteiger partial charge >= 0.3 is 6.09 Å². The fourth-order valence-corrected chi connectivity index (χ4v) is 2.38. The number of hydrogen-bond donors (Lipinski definition) is 1. The standard InChI is InChI=1S/C16H22BrNO3/c1-10-7-12(5-6-14(10)17)20-13-8-11(9-13)18-15(19)21-16(2,3)4/h5-7,11,13H,8-9H2,1-4H3,(H,18,19). The number of alkyl carbamates (subject to hydrolysis) is 1. The summed E-state index contributed by atoms with van der Waals surface area (Å²) in [6.07, 6.45) is 1.43. The first-order valence-electron chi connectivity index (χ1n) is 7.15. The third kappa shape index (κ3) is 4.92. The van der Waals surface area contributed by atoms with Crippen LogP contribution in [0.1, 0.15) is 39.2 Å². The van der Waals surface area contributed by atoms with Crippen molar-refractivity contribution in [3.63, 3.8) is 0 Å². The molecule has 21 heavy (non-hydrogen) atoms. The quantitative estimate of drug-likeness (QED) is 0.883. The highest BCUT2D eigenvalue weighted by molar-refractivity contribution is 9.10. The van der Waals surface area contributed by atoms with Crippen LogP contribution < -0.4 is 10.1 Å². The lowest BCUT2D eigenvalue weighted by Crippen LogP contribution is -2.50. The molecule has 0 radical (unpaired) electrons. The van der Waals surface area contributed by atoms with E-state index in [1.807, 2.05) is 45.9 Å².